The van der Waals surface area contributed by atoms with E-state index in [9.17, 15) is 0 Å². The van der Waals surface area contributed by atoms with Crippen molar-refractivity contribution in [1.82, 2.24) is 4.57 Å². The van der Waals surface area contributed by atoms with Gasteiger partial charge in [-0.3, -0.25) is 0 Å². The van der Waals surface area contributed by atoms with Crippen LogP contribution in [0.5, 0.6) is 0 Å². The number of furan rings is 1. The van der Waals surface area contributed by atoms with Crippen molar-refractivity contribution in [3.63, 3.8) is 0 Å². The van der Waals surface area contributed by atoms with Crippen LogP contribution in [0.3, 0.4) is 0 Å². The highest BCUT2D eigenvalue weighted by Crippen LogP contribution is 2.45. The Kier molecular flexibility index (Phi) is 8.17. The van der Waals surface area contributed by atoms with Crippen molar-refractivity contribution in [3.8, 4) is 39.1 Å². The fraction of sp³-hybridized carbons (Fsp3) is 0. The summed E-state index contributed by atoms with van der Waals surface area (Å²) in [5.41, 5.74) is 15.6. The van der Waals surface area contributed by atoms with E-state index < -0.39 is 0 Å². The molecule has 12 rings (SSSR count). The van der Waals surface area contributed by atoms with Gasteiger partial charge in [-0.25, -0.2) is 0 Å². The van der Waals surface area contributed by atoms with Crippen LogP contribution in [0.2, 0.25) is 0 Å². The summed E-state index contributed by atoms with van der Waals surface area (Å²) in [5, 5.41) is 7.18. The van der Waals surface area contributed by atoms with E-state index in [1.54, 1.807) is 0 Å². The minimum Gasteiger partial charge on any atom is -0.456 e. The Balaban J connectivity index is 0.952. The molecule has 0 radical (unpaired) electrons. The number of rotatable bonds is 7. The molecule has 2 aromatic heterocycles. The van der Waals surface area contributed by atoms with E-state index in [0.717, 1.165) is 61.4 Å². The molecule has 0 N–H and O–H groups in total. The second kappa shape index (κ2) is 14.3. The molecule has 12 aromatic rings. The molecule has 0 bridgehead atoms. The Morgan fingerprint density at radius 1 is 0.344 bits per heavy atom. The molecule has 61 heavy (non-hydrogen) atoms. The Hall–Kier alpha value is -8.14. The number of benzene rings is 10. The van der Waals surface area contributed by atoms with Crippen molar-refractivity contribution in [3.05, 3.63) is 231 Å². The molecule has 3 nitrogen and oxygen atoms in total. The predicted octanol–water partition coefficient (Wildman–Crippen LogP) is 16.3. The Labute approximate surface area is 353 Å². The topological polar surface area (TPSA) is 21.3 Å². The second-order valence-electron chi connectivity index (χ2n) is 15.7. The van der Waals surface area contributed by atoms with Crippen LogP contribution in [0.15, 0.2) is 235 Å². The molecular weight excluding hydrogens is 741 g/mol. The molecule has 286 valence electrons. The minimum atomic E-state index is 0.885. The maximum absolute atomic E-state index is 6.36. The van der Waals surface area contributed by atoms with Gasteiger partial charge in [0.05, 0.1) is 16.7 Å². The third-order valence-electron chi connectivity index (χ3n) is 12.2. The summed E-state index contributed by atoms with van der Waals surface area (Å²) in [6.07, 6.45) is 0. The summed E-state index contributed by atoms with van der Waals surface area (Å²) in [7, 11) is 0. The van der Waals surface area contributed by atoms with E-state index in [0.29, 0.717) is 0 Å². The molecule has 0 unspecified atom stereocenters. The monoisotopic (exact) mass is 778 g/mol. The van der Waals surface area contributed by atoms with Gasteiger partial charge in [0.15, 0.2) is 0 Å². The number of anilines is 3. The lowest BCUT2D eigenvalue weighted by Crippen LogP contribution is -2.11. The molecule has 2 heterocycles. The number of hydrogen-bond acceptors (Lipinski definition) is 2. The number of nitrogens with zero attached hydrogens (tertiary/aromatic N) is 2. The molecule has 3 heteroatoms. The van der Waals surface area contributed by atoms with Crippen molar-refractivity contribution < 1.29 is 4.42 Å². The van der Waals surface area contributed by atoms with Crippen molar-refractivity contribution in [2.24, 2.45) is 0 Å². The summed E-state index contributed by atoms with van der Waals surface area (Å²) in [6.45, 7) is 0. The molecule has 0 atom stereocenters. The van der Waals surface area contributed by atoms with Gasteiger partial charge in [-0.15, -0.1) is 0 Å². The van der Waals surface area contributed by atoms with E-state index in [1.807, 2.05) is 12.1 Å². The molecule has 0 fully saturated rings. The molecule has 10 aromatic carbocycles. The first-order chi connectivity index (χ1) is 30.2. The van der Waals surface area contributed by atoms with E-state index in [-0.39, 0.29) is 0 Å². The maximum atomic E-state index is 6.36. The van der Waals surface area contributed by atoms with Gasteiger partial charge in [0.1, 0.15) is 11.2 Å². The highest BCUT2D eigenvalue weighted by molar-refractivity contribution is 6.14. The van der Waals surface area contributed by atoms with Crippen LogP contribution >= 0.6 is 0 Å². The van der Waals surface area contributed by atoms with E-state index >= 15 is 0 Å². The summed E-state index contributed by atoms with van der Waals surface area (Å²) in [5.74, 6) is 0. The standard InChI is InChI=1S/C58H38N2O/c1-2-15-43-37-47(35-32-39(43)14-1)59(53-25-7-5-22-50(53)51-24-13-29-57-58(51)52-23-6-10-28-56(52)61-57)45-33-30-40(31-34-45)41-16-11-17-42(36-41)44-18-12-19-46(38-44)60-54-26-8-3-20-48(54)49-21-4-9-27-55(49)60/h1-38H. The van der Waals surface area contributed by atoms with Crippen molar-refractivity contribution in [1.29, 1.82) is 0 Å². The highest BCUT2D eigenvalue weighted by Gasteiger charge is 2.21. The summed E-state index contributed by atoms with van der Waals surface area (Å²) >= 11 is 0. The third-order valence-corrected chi connectivity index (χ3v) is 12.2. The van der Waals surface area contributed by atoms with Gasteiger partial charge in [0.25, 0.3) is 0 Å². The quantitative estimate of drug-likeness (QED) is 0.161. The number of hydrogen-bond donors (Lipinski definition) is 0. The number of aromatic nitrogens is 1. The van der Waals surface area contributed by atoms with Crippen molar-refractivity contribution in [2.45, 2.75) is 0 Å². The lowest BCUT2D eigenvalue weighted by atomic mass is 9.96. The minimum absolute atomic E-state index is 0.885. The highest BCUT2D eigenvalue weighted by atomic mass is 16.3. The van der Waals surface area contributed by atoms with Crippen LogP contribution in [0.25, 0.3) is 93.6 Å². The average molecular weight is 779 g/mol. The first kappa shape index (κ1) is 34.9. The van der Waals surface area contributed by atoms with Crippen molar-refractivity contribution >= 4 is 71.6 Å². The van der Waals surface area contributed by atoms with Crippen LogP contribution in [-0.4, -0.2) is 4.57 Å². The largest absolute Gasteiger partial charge is 0.456 e. The maximum Gasteiger partial charge on any atom is 0.136 e. The first-order valence-corrected chi connectivity index (χ1v) is 20.8. The zero-order valence-electron chi connectivity index (χ0n) is 33.2. The molecular formula is C58H38N2O. The zero-order valence-corrected chi connectivity index (χ0v) is 33.2. The first-order valence-electron chi connectivity index (χ1n) is 20.8. The van der Waals surface area contributed by atoms with Gasteiger partial charge in [-0.1, -0.05) is 158 Å². The van der Waals surface area contributed by atoms with Crippen LogP contribution < -0.4 is 4.90 Å². The fourth-order valence-electron chi connectivity index (χ4n) is 9.35. The average Bonchev–Trinajstić information content (AvgIpc) is 3.88. The SMILES string of the molecule is c1cc(-c2ccc(N(c3ccc4ccccc4c3)c3ccccc3-c3cccc4oc5ccccc5c34)cc2)cc(-c2cccc(-n3c4ccccc4c4ccccc43)c2)c1. The molecule has 0 spiro atoms. The third kappa shape index (κ3) is 5.90. The van der Waals surface area contributed by atoms with Crippen molar-refractivity contribution in [2.75, 3.05) is 4.90 Å². The van der Waals surface area contributed by atoms with E-state index in [1.165, 1.54) is 49.3 Å². The van der Waals surface area contributed by atoms with Crippen LogP contribution in [-0.2, 0) is 0 Å². The molecule has 0 amide bonds. The Morgan fingerprint density at radius 2 is 0.918 bits per heavy atom. The molecule has 0 saturated heterocycles. The van der Waals surface area contributed by atoms with Crippen LogP contribution in [0.1, 0.15) is 0 Å². The second-order valence-corrected chi connectivity index (χ2v) is 15.7. The van der Waals surface area contributed by atoms with E-state index in [4.69, 9.17) is 4.42 Å². The van der Waals surface area contributed by atoms with Gasteiger partial charge in [-0.05, 0) is 111 Å². The lowest BCUT2D eigenvalue weighted by Gasteiger charge is -2.28. The van der Waals surface area contributed by atoms with Gasteiger partial charge in [0.2, 0.25) is 0 Å². The Bertz CT molecular complexity index is 3560. The lowest BCUT2D eigenvalue weighted by molar-refractivity contribution is 0.669. The fourth-order valence-corrected chi connectivity index (χ4v) is 9.35. The molecule has 0 aliphatic carbocycles. The van der Waals surface area contributed by atoms with Crippen LogP contribution in [0, 0.1) is 0 Å². The zero-order chi connectivity index (χ0) is 40.3. The van der Waals surface area contributed by atoms with Gasteiger partial charge in [0, 0.05) is 44.2 Å². The molecule has 0 aliphatic rings. The normalized spacial score (nSPS) is 11.6. The van der Waals surface area contributed by atoms with Gasteiger partial charge < -0.3 is 13.9 Å². The smallest absolute Gasteiger partial charge is 0.136 e. The predicted molar refractivity (Wildman–Crippen MR) is 257 cm³/mol. The number of para-hydroxylation sites is 4. The Morgan fingerprint density at radius 3 is 1.72 bits per heavy atom. The van der Waals surface area contributed by atoms with E-state index in [2.05, 4.69) is 228 Å². The number of fused-ring (bicyclic) bond motifs is 7. The van der Waals surface area contributed by atoms with Gasteiger partial charge in [-0.2, -0.15) is 0 Å². The summed E-state index contributed by atoms with van der Waals surface area (Å²) in [6, 6.07) is 83.0. The van der Waals surface area contributed by atoms with Crippen LogP contribution in [0.4, 0.5) is 17.1 Å². The molecule has 0 aliphatic heterocycles. The molecule has 0 saturated carbocycles. The summed E-state index contributed by atoms with van der Waals surface area (Å²) < 4.78 is 8.75. The summed E-state index contributed by atoms with van der Waals surface area (Å²) in [4.78, 5) is 2.39. The van der Waals surface area contributed by atoms with Gasteiger partial charge >= 0.3 is 0 Å².